The molecule has 0 spiro atoms. The van der Waals surface area contributed by atoms with Crippen LogP contribution in [0.25, 0.3) is 0 Å². The van der Waals surface area contributed by atoms with Crippen molar-refractivity contribution in [1.29, 1.82) is 0 Å². The molecule has 2 N–H and O–H groups in total. The molecule has 0 fully saturated rings. The first-order valence-corrected chi connectivity index (χ1v) is 10.4. The molecule has 0 saturated carbocycles. The van der Waals surface area contributed by atoms with Gasteiger partial charge in [0.05, 0.1) is 0 Å². The van der Waals surface area contributed by atoms with Crippen molar-refractivity contribution >= 4 is 29.9 Å². The number of halogens is 1. The fourth-order valence-corrected chi connectivity index (χ4v) is 3.18. The summed E-state index contributed by atoms with van der Waals surface area (Å²) < 4.78 is 0. The van der Waals surface area contributed by atoms with E-state index in [1.807, 2.05) is 7.05 Å². The maximum Gasteiger partial charge on any atom is 0.191 e. The summed E-state index contributed by atoms with van der Waals surface area (Å²) in [6.07, 6.45) is 1.06. The van der Waals surface area contributed by atoms with Crippen molar-refractivity contribution in [2.24, 2.45) is 4.99 Å². The summed E-state index contributed by atoms with van der Waals surface area (Å²) in [4.78, 5) is 8.91. The van der Waals surface area contributed by atoms with Crippen LogP contribution in [-0.4, -0.2) is 56.5 Å². The second-order valence-electron chi connectivity index (χ2n) is 7.95. The van der Waals surface area contributed by atoms with Crippen molar-refractivity contribution in [2.45, 2.75) is 39.0 Å². The van der Waals surface area contributed by atoms with Crippen LogP contribution in [0.3, 0.4) is 0 Å². The van der Waals surface area contributed by atoms with Crippen molar-refractivity contribution in [2.75, 3.05) is 34.7 Å². The average Bonchev–Trinajstić information content (AvgIpc) is 2.71. The molecular weight excluding hydrogens is 485 g/mol. The third-order valence-electron chi connectivity index (χ3n) is 5.09. The summed E-state index contributed by atoms with van der Waals surface area (Å²) in [6.45, 7) is 5.87. The van der Waals surface area contributed by atoms with Crippen molar-refractivity contribution in [3.05, 3.63) is 71.3 Å². The summed E-state index contributed by atoms with van der Waals surface area (Å²) in [5.74, 6) is 0.847. The van der Waals surface area contributed by atoms with Crippen LogP contribution in [0.4, 0.5) is 0 Å². The molecule has 2 aromatic rings. The Balaban J connectivity index is 0.00000450. The van der Waals surface area contributed by atoms with E-state index in [4.69, 9.17) is 0 Å². The Morgan fingerprint density at radius 2 is 1.47 bits per heavy atom. The molecule has 1 atom stereocenters. The lowest BCUT2D eigenvalue weighted by atomic mass is 10.1. The number of hydrogen-bond acceptors (Lipinski definition) is 3. The van der Waals surface area contributed by atoms with Gasteiger partial charge in [0.25, 0.3) is 0 Å². The van der Waals surface area contributed by atoms with Crippen molar-refractivity contribution in [3.8, 4) is 0 Å². The van der Waals surface area contributed by atoms with E-state index in [1.165, 1.54) is 16.7 Å². The lowest BCUT2D eigenvalue weighted by molar-refractivity contribution is 0.238. The monoisotopic (exact) mass is 523 g/mol. The number of guanidine groups is 1. The standard InChI is InChI=1S/C24H37N5.HI/c1-20(29(5)19-22-9-7-6-8-10-22)15-16-26-24(25-2)27-17-21-11-13-23(14-12-21)18-28(3)4;/h6-14,20H,15-19H2,1-5H3,(H2,25,26,27);1H. The van der Waals surface area contributed by atoms with Crippen LogP contribution in [0.1, 0.15) is 30.0 Å². The van der Waals surface area contributed by atoms with Gasteiger partial charge < -0.3 is 15.5 Å². The Kier molecular flexibility index (Phi) is 12.7. The van der Waals surface area contributed by atoms with Crippen LogP contribution < -0.4 is 10.6 Å². The third-order valence-corrected chi connectivity index (χ3v) is 5.09. The summed E-state index contributed by atoms with van der Waals surface area (Å²) in [6, 6.07) is 19.9. The molecule has 0 saturated heterocycles. The zero-order valence-corrected chi connectivity index (χ0v) is 21.4. The van der Waals surface area contributed by atoms with Crippen LogP contribution in [-0.2, 0) is 19.6 Å². The number of nitrogens with one attached hydrogen (secondary N) is 2. The number of hydrogen-bond donors (Lipinski definition) is 2. The molecule has 0 aliphatic heterocycles. The van der Waals surface area contributed by atoms with Crippen molar-refractivity contribution in [1.82, 2.24) is 20.4 Å². The summed E-state index contributed by atoms with van der Waals surface area (Å²) in [5, 5.41) is 6.84. The summed E-state index contributed by atoms with van der Waals surface area (Å²) >= 11 is 0. The van der Waals surface area contributed by atoms with Crippen LogP contribution in [0, 0.1) is 0 Å². The van der Waals surface area contributed by atoms with E-state index in [0.29, 0.717) is 6.04 Å². The van der Waals surface area contributed by atoms with E-state index in [9.17, 15) is 0 Å². The van der Waals surface area contributed by atoms with Gasteiger partial charge in [-0.25, -0.2) is 0 Å². The van der Waals surface area contributed by atoms with Gasteiger partial charge in [0, 0.05) is 39.3 Å². The molecule has 0 aliphatic rings. The van der Waals surface area contributed by atoms with E-state index in [1.54, 1.807) is 0 Å². The first-order chi connectivity index (χ1) is 14.0. The molecule has 0 heterocycles. The summed E-state index contributed by atoms with van der Waals surface area (Å²) in [7, 11) is 8.18. The Hall–Kier alpha value is -1.64. The molecule has 166 valence electrons. The van der Waals surface area contributed by atoms with Crippen LogP contribution in [0.5, 0.6) is 0 Å². The van der Waals surface area contributed by atoms with Gasteiger partial charge in [-0.2, -0.15) is 0 Å². The first-order valence-electron chi connectivity index (χ1n) is 10.4. The number of nitrogens with zero attached hydrogens (tertiary/aromatic N) is 3. The molecule has 1 unspecified atom stereocenters. The Bertz CT molecular complexity index is 731. The first kappa shape index (κ1) is 26.4. The van der Waals surface area contributed by atoms with E-state index >= 15 is 0 Å². The fourth-order valence-electron chi connectivity index (χ4n) is 3.18. The van der Waals surface area contributed by atoms with Gasteiger partial charge in [-0.15, -0.1) is 24.0 Å². The highest BCUT2D eigenvalue weighted by molar-refractivity contribution is 14.0. The van der Waals surface area contributed by atoms with E-state index in [2.05, 4.69) is 108 Å². The minimum absolute atomic E-state index is 0. The molecule has 2 aromatic carbocycles. The highest BCUT2D eigenvalue weighted by Crippen LogP contribution is 2.08. The Morgan fingerprint density at radius 1 is 0.867 bits per heavy atom. The molecule has 0 bridgehead atoms. The lowest BCUT2D eigenvalue weighted by Gasteiger charge is -2.25. The number of rotatable bonds is 10. The smallest absolute Gasteiger partial charge is 0.191 e. The zero-order chi connectivity index (χ0) is 21.1. The fraction of sp³-hybridized carbons (Fsp3) is 0.458. The molecule has 5 nitrogen and oxygen atoms in total. The largest absolute Gasteiger partial charge is 0.356 e. The topological polar surface area (TPSA) is 42.9 Å². The molecule has 0 amide bonds. The highest BCUT2D eigenvalue weighted by atomic mass is 127. The van der Waals surface area contributed by atoms with Gasteiger partial charge >= 0.3 is 0 Å². The van der Waals surface area contributed by atoms with Crippen molar-refractivity contribution < 1.29 is 0 Å². The minimum Gasteiger partial charge on any atom is -0.356 e. The second kappa shape index (κ2) is 14.4. The Labute approximate surface area is 200 Å². The predicted octanol–water partition coefficient (Wildman–Crippen LogP) is 3.94. The zero-order valence-electron chi connectivity index (χ0n) is 19.1. The van der Waals surface area contributed by atoms with Gasteiger partial charge in [-0.1, -0.05) is 54.6 Å². The minimum atomic E-state index is 0. The van der Waals surface area contributed by atoms with Crippen LogP contribution >= 0.6 is 24.0 Å². The van der Waals surface area contributed by atoms with Crippen LogP contribution in [0.15, 0.2) is 59.6 Å². The molecule has 2 rings (SSSR count). The van der Waals surface area contributed by atoms with Gasteiger partial charge in [0.2, 0.25) is 0 Å². The normalized spacial score (nSPS) is 12.6. The SMILES string of the molecule is CN=C(NCCC(C)N(C)Cc1ccccc1)NCc1ccc(CN(C)C)cc1.I. The van der Waals surface area contributed by atoms with Gasteiger partial charge in [-0.05, 0) is 51.2 Å². The third kappa shape index (κ3) is 9.91. The van der Waals surface area contributed by atoms with Crippen molar-refractivity contribution in [3.63, 3.8) is 0 Å². The average molecular weight is 524 g/mol. The quantitative estimate of drug-likeness (QED) is 0.281. The highest BCUT2D eigenvalue weighted by Gasteiger charge is 2.09. The van der Waals surface area contributed by atoms with Crippen LogP contribution in [0.2, 0.25) is 0 Å². The molecule has 0 radical (unpaired) electrons. The lowest BCUT2D eigenvalue weighted by Crippen LogP contribution is -2.39. The van der Waals surface area contributed by atoms with E-state index in [0.717, 1.165) is 38.6 Å². The molecule has 0 aromatic heterocycles. The second-order valence-corrected chi connectivity index (χ2v) is 7.95. The Morgan fingerprint density at radius 3 is 2.07 bits per heavy atom. The van der Waals surface area contributed by atoms with Gasteiger partial charge in [-0.3, -0.25) is 9.89 Å². The van der Waals surface area contributed by atoms with Gasteiger partial charge in [0.15, 0.2) is 5.96 Å². The maximum absolute atomic E-state index is 4.34. The number of aliphatic imine (C=N–C) groups is 1. The predicted molar refractivity (Wildman–Crippen MR) is 139 cm³/mol. The summed E-state index contributed by atoms with van der Waals surface area (Å²) in [5.41, 5.74) is 3.94. The maximum atomic E-state index is 4.34. The van der Waals surface area contributed by atoms with E-state index in [-0.39, 0.29) is 24.0 Å². The van der Waals surface area contributed by atoms with Gasteiger partial charge in [0.1, 0.15) is 0 Å². The molecule has 6 heteroatoms. The van der Waals surface area contributed by atoms with E-state index < -0.39 is 0 Å². The molecule has 0 aliphatic carbocycles. The number of benzene rings is 2. The molecular formula is C24H38IN5. The molecule has 30 heavy (non-hydrogen) atoms.